The summed E-state index contributed by atoms with van der Waals surface area (Å²) in [5.41, 5.74) is 1.26. The fourth-order valence-electron chi connectivity index (χ4n) is 1.46. The molecule has 0 amide bonds. The van der Waals surface area contributed by atoms with E-state index in [2.05, 4.69) is 22.3 Å². The molecule has 1 aromatic carbocycles. The number of aromatic nitrogens is 3. The van der Waals surface area contributed by atoms with Crippen molar-refractivity contribution in [2.75, 3.05) is 6.26 Å². The molecule has 78 valence electrons. The van der Waals surface area contributed by atoms with Crippen LogP contribution in [0.3, 0.4) is 0 Å². The Kier molecular flexibility index (Phi) is 3.06. The van der Waals surface area contributed by atoms with Crippen LogP contribution >= 0.6 is 11.8 Å². The van der Waals surface area contributed by atoms with Crippen molar-refractivity contribution >= 4 is 11.8 Å². The highest BCUT2D eigenvalue weighted by molar-refractivity contribution is 7.98. The fourth-order valence-corrected chi connectivity index (χ4v) is 1.96. The van der Waals surface area contributed by atoms with E-state index in [1.54, 1.807) is 11.8 Å². The molecule has 1 heterocycles. The Labute approximate surface area is 93.5 Å². The third-order valence-electron chi connectivity index (χ3n) is 2.31. The topological polar surface area (TPSA) is 30.7 Å². The van der Waals surface area contributed by atoms with Crippen molar-refractivity contribution in [1.29, 1.82) is 0 Å². The molecule has 2 rings (SSSR count). The van der Waals surface area contributed by atoms with Crippen LogP contribution in [-0.2, 0) is 13.5 Å². The minimum atomic E-state index is 0.838. The molecule has 0 N–H and O–H groups in total. The molecule has 0 atom stereocenters. The van der Waals surface area contributed by atoms with Crippen LogP contribution in [0.4, 0.5) is 0 Å². The van der Waals surface area contributed by atoms with Crippen molar-refractivity contribution in [1.82, 2.24) is 14.8 Å². The summed E-state index contributed by atoms with van der Waals surface area (Å²) in [6.07, 6.45) is 2.85. The number of thioether (sulfide) groups is 1. The van der Waals surface area contributed by atoms with Crippen LogP contribution in [0.1, 0.15) is 11.4 Å². The fraction of sp³-hybridized carbons (Fsp3) is 0.273. The number of nitrogens with zero attached hydrogens (tertiary/aromatic N) is 3. The van der Waals surface area contributed by atoms with Gasteiger partial charge in [0.15, 0.2) is 5.16 Å². The average Bonchev–Trinajstić information content (AvgIpc) is 2.62. The summed E-state index contributed by atoms with van der Waals surface area (Å²) >= 11 is 1.62. The molecule has 0 saturated carbocycles. The van der Waals surface area contributed by atoms with Crippen LogP contribution in [-0.4, -0.2) is 21.0 Å². The van der Waals surface area contributed by atoms with Crippen molar-refractivity contribution in [2.24, 2.45) is 7.05 Å². The standard InChI is InChI=1S/C11H13N3S/c1-14-10(12-13-11(14)15-2)8-9-6-4-3-5-7-9/h3-7H,8H2,1-2H3. The van der Waals surface area contributed by atoms with Crippen molar-refractivity contribution < 1.29 is 0 Å². The summed E-state index contributed by atoms with van der Waals surface area (Å²) in [6, 6.07) is 10.3. The Balaban J connectivity index is 2.21. The molecule has 0 spiro atoms. The summed E-state index contributed by atoms with van der Waals surface area (Å²) in [5, 5.41) is 9.24. The van der Waals surface area contributed by atoms with Gasteiger partial charge in [-0.15, -0.1) is 10.2 Å². The summed E-state index contributed by atoms with van der Waals surface area (Å²) in [4.78, 5) is 0. The van der Waals surface area contributed by atoms with Crippen LogP contribution in [0, 0.1) is 0 Å². The van der Waals surface area contributed by atoms with E-state index >= 15 is 0 Å². The van der Waals surface area contributed by atoms with Crippen molar-refractivity contribution in [3.8, 4) is 0 Å². The number of benzene rings is 1. The van der Waals surface area contributed by atoms with Crippen LogP contribution < -0.4 is 0 Å². The third kappa shape index (κ3) is 2.21. The lowest BCUT2D eigenvalue weighted by Gasteiger charge is -2.01. The first-order chi connectivity index (χ1) is 7.31. The van der Waals surface area contributed by atoms with Gasteiger partial charge in [0.05, 0.1) is 0 Å². The highest BCUT2D eigenvalue weighted by Crippen LogP contribution is 2.13. The molecule has 0 fully saturated rings. The van der Waals surface area contributed by atoms with E-state index in [9.17, 15) is 0 Å². The van der Waals surface area contributed by atoms with Gasteiger partial charge in [0.1, 0.15) is 5.82 Å². The van der Waals surface area contributed by atoms with E-state index in [1.165, 1.54) is 5.56 Å². The average molecular weight is 219 g/mol. The molecular weight excluding hydrogens is 206 g/mol. The first-order valence-electron chi connectivity index (χ1n) is 4.77. The zero-order chi connectivity index (χ0) is 10.7. The van der Waals surface area contributed by atoms with Gasteiger partial charge in [-0.3, -0.25) is 0 Å². The maximum atomic E-state index is 4.17. The van der Waals surface area contributed by atoms with Gasteiger partial charge in [-0.2, -0.15) is 0 Å². The number of hydrogen-bond acceptors (Lipinski definition) is 3. The van der Waals surface area contributed by atoms with Gasteiger partial charge in [0.2, 0.25) is 0 Å². The Bertz CT molecular complexity index is 436. The van der Waals surface area contributed by atoms with Gasteiger partial charge in [0, 0.05) is 13.5 Å². The van der Waals surface area contributed by atoms with Crippen LogP contribution in [0.2, 0.25) is 0 Å². The lowest BCUT2D eigenvalue weighted by molar-refractivity contribution is 0.750. The quantitative estimate of drug-likeness (QED) is 0.741. The smallest absolute Gasteiger partial charge is 0.190 e. The molecule has 0 aliphatic rings. The predicted molar refractivity (Wildman–Crippen MR) is 62.0 cm³/mol. The normalized spacial score (nSPS) is 10.5. The molecule has 0 aliphatic carbocycles. The highest BCUT2D eigenvalue weighted by Gasteiger charge is 2.07. The van der Waals surface area contributed by atoms with Gasteiger partial charge < -0.3 is 4.57 Å². The Hall–Kier alpha value is -1.29. The molecule has 0 radical (unpaired) electrons. The molecule has 0 aliphatic heterocycles. The van der Waals surface area contributed by atoms with Gasteiger partial charge in [-0.05, 0) is 11.8 Å². The second-order valence-electron chi connectivity index (χ2n) is 3.32. The number of hydrogen-bond donors (Lipinski definition) is 0. The first-order valence-corrected chi connectivity index (χ1v) is 6.00. The molecule has 0 bridgehead atoms. The second-order valence-corrected chi connectivity index (χ2v) is 4.10. The second kappa shape index (κ2) is 4.49. The van der Waals surface area contributed by atoms with Crippen LogP contribution in [0.25, 0.3) is 0 Å². The molecule has 4 heteroatoms. The Morgan fingerprint density at radius 1 is 1.20 bits per heavy atom. The zero-order valence-corrected chi connectivity index (χ0v) is 9.66. The minimum absolute atomic E-state index is 0.838. The first kappa shape index (κ1) is 10.2. The number of rotatable bonds is 3. The van der Waals surface area contributed by atoms with E-state index < -0.39 is 0 Å². The zero-order valence-electron chi connectivity index (χ0n) is 8.84. The summed E-state index contributed by atoms with van der Waals surface area (Å²) < 4.78 is 2.04. The van der Waals surface area contributed by atoms with E-state index in [0.29, 0.717) is 0 Å². The van der Waals surface area contributed by atoms with Gasteiger partial charge in [-0.25, -0.2) is 0 Å². The van der Waals surface area contributed by atoms with E-state index in [0.717, 1.165) is 17.4 Å². The monoisotopic (exact) mass is 219 g/mol. The van der Waals surface area contributed by atoms with Crippen molar-refractivity contribution in [3.63, 3.8) is 0 Å². The molecule has 0 saturated heterocycles. The van der Waals surface area contributed by atoms with Gasteiger partial charge in [-0.1, -0.05) is 42.1 Å². The molecule has 15 heavy (non-hydrogen) atoms. The van der Waals surface area contributed by atoms with E-state index in [1.807, 2.05) is 36.1 Å². The minimum Gasteiger partial charge on any atom is -0.309 e. The molecule has 1 aromatic heterocycles. The predicted octanol–water partition coefficient (Wildman–Crippen LogP) is 2.13. The molecule has 0 unspecified atom stereocenters. The molecular formula is C11H13N3S. The third-order valence-corrected chi connectivity index (χ3v) is 3.03. The summed E-state index contributed by atoms with van der Waals surface area (Å²) in [5.74, 6) is 1.01. The summed E-state index contributed by atoms with van der Waals surface area (Å²) in [6.45, 7) is 0. The van der Waals surface area contributed by atoms with Crippen LogP contribution in [0.15, 0.2) is 35.5 Å². The lowest BCUT2D eigenvalue weighted by atomic mass is 10.1. The van der Waals surface area contributed by atoms with Crippen LogP contribution in [0.5, 0.6) is 0 Å². The maximum absolute atomic E-state index is 4.17. The largest absolute Gasteiger partial charge is 0.309 e. The Morgan fingerprint density at radius 3 is 2.53 bits per heavy atom. The van der Waals surface area contributed by atoms with Gasteiger partial charge >= 0.3 is 0 Å². The van der Waals surface area contributed by atoms with Gasteiger partial charge in [0.25, 0.3) is 0 Å². The lowest BCUT2D eigenvalue weighted by Crippen LogP contribution is -1.99. The Morgan fingerprint density at radius 2 is 1.93 bits per heavy atom. The van der Waals surface area contributed by atoms with Crippen molar-refractivity contribution in [3.05, 3.63) is 41.7 Å². The van der Waals surface area contributed by atoms with E-state index in [4.69, 9.17) is 0 Å². The maximum Gasteiger partial charge on any atom is 0.190 e. The SMILES string of the molecule is CSc1nnc(Cc2ccccc2)n1C. The molecule has 3 nitrogen and oxygen atoms in total. The highest BCUT2D eigenvalue weighted by atomic mass is 32.2. The molecule has 2 aromatic rings. The van der Waals surface area contributed by atoms with E-state index in [-0.39, 0.29) is 0 Å². The summed E-state index contributed by atoms with van der Waals surface area (Å²) in [7, 11) is 2.00. The van der Waals surface area contributed by atoms with Crippen molar-refractivity contribution in [2.45, 2.75) is 11.6 Å².